The van der Waals surface area contributed by atoms with Gasteiger partial charge in [-0.25, -0.2) is 13.2 Å². The summed E-state index contributed by atoms with van der Waals surface area (Å²) in [4.78, 5) is 11.7. The van der Waals surface area contributed by atoms with Gasteiger partial charge in [-0.1, -0.05) is 0 Å². The maximum atomic E-state index is 13.8. The van der Waals surface area contributed by atoms with E-state index in [1.165, 1.54) is 0 Å². The van der Waals surface area contributed by atoms with Gasteiger partial charge in [0.2, 0.25) is 5.78 Å². The molecule has 0 fully saturated rings. The number of hydrogen-bond donors (Lipinski definition) is 1. The third kappa shape index (κ3) is 2.85. The predicted molar refractivity (Wildman–Crippen MR) is 65.2 cm³/mol. The van der Waals surface area contributed by atoms with Crippen molar-refractivity contribution in [2.75, 3.05) is 0 Å². The van der Waals surface area contributed by atoms with Crippen LogP contribution in [0.2, 0.25) is 0 Å². The standard InChI is InChI=1S/C14H7F9O2/c15-5-3-8-6(9(16)4-5)1-2-7(10(8)24)11(25)12(17,13(18,19)20)14(21,22)23/h3-4,24H,1-2H2. The Balaban J connectivity index is 2.66. The molecular weight excluding hydrogens is 371 g/mol. The van der Waals surface area contributed by atoms with Crippen molar-refractivity contribution in [3.05, 3.63) is 40.5 Å². The molecule has 0 aromatic heterocycles. The number of carbonyl (C=O) groups excluding carboxylic acids is 1. The molecule has 1 aliphatic carbocycles. The number of fused-ring (bicyclic) bond motifs is 1. The molecule has 1 aromatic rings. The van der Waals surface area contributed by atoms with Gasteiger partial charge >= 0.3 is 18.0 Å². The molecule has 138 valence electrons. The Morgan fingerprint density at radius 3 is 1.92 bits per heavy atom. The lowest BCUT2D eigenvalue weighted by molar-refractivity contribution is -0.324. The molecule has 0 atom stereocenters. The van der Waals surface area contributed by atoms with Crippen LogP contribution in [0.4, 0.5) is 39.5 Å². The molecule has 11 heteroatoms. The van der Waals surface area contributed by atoms with Crippen molar-refractivity contribution in [1.82, 2.24) is 0 Å². The molecule has 0 unspecified atom stereocenters. The Morgan fingerprint density at radius 1 is 0.920 bits per heavy atom. The highest BCUT2D eigenvalue weighted by molar-refractivity contribution is 6.08. The number of rotatable bonds is 2. The molecule has 2 nitrogen and oxygen atoms in total. The second kappa shape index (κ2) is 5.67. The smallest absolute Gasteiger partial charge is 0.439 e. The summed E-state index contributed by atoms with van der Waals surface area (Å²) in [6.07, 6.45) is -14.9. The summed E-state index contributed by atoms with van der Waals surface area (Å²) >= 11 is 0. The molecule has 1 aliphatic rings. The summed E-state index contributed by atoms with van der Waals surface area (Å²) in [6, 6.07) is 0.797. The van der Waals surface area contributed by atoms with Crippen LogP contribution in [0.3, 0.4) is 0 Å². The number of hydrogen-bond acceptors (Lipinski definition) is 2. The zero-order valence-corrected chi connectivity index (χ0v) is 11.8. The van der Waals surface area contributed by atoms with E-state index in [-0.39, 0.29) is 0 Å². The number of ketones is 1. The number of carbonyl (C=O) groups is 1. The largest absolute Gasteiger partial charge is 0.507 e. The highest BCUT2D eigenvalue weighted by atomic mass is 19.4. The predicted octanol–water partition coefficient (Wildman–Crippen LogP) is 4.58. The fraction of sp³-hybridized carbons (Fsp3) is 0.357. The van der Waals surface area contributed by atoms with Crippen molar-refractivity contribution in [3.8, 4) is 0 Å². The summed E-state index contributed by atoms with van der Waals surface area (Å²) in [5.74, 6) is -7.11. The minimum absolute atomic E-state index is 0.379. The zero-order chi connectivity index (χ0) is 19.4. The second-order valence-electron chi connectivity index (χ2n) is 5.22. The van der Waals surface area contributed by atoms with Crippen molar-refractivity contribution in [3.63, 3.8) is 0 Å². The van der Waals surface area contributed by atoms with Crippen molar-refractivity contribution in [2.24, 2.45) is 0 Å². The molecule has 2 rings (SSSR count). The molecule has 0 heterocycles. The maximum absolute atomic E-state index is 13.8. The van der Waals surface area contributed by atoms with E-state index in [9.17, 15) is 49.4 Å². The first kappa shape index (κ1) is 19.1. The van der Waals surface area contributed by atoms with Crippen molar-refractivity contribution in [1.29, 1.82) is 0 Å². The molecule has 0 spiro atoms. The normalized spacial score (nSPS) is 16.0. The van der Waals surface area contributed by atoms with Crippen LogP contribution in [0.5, 0.6) is 0 Å². The highest BCUT2D eigenvalue weighted by Gasteiger charge is 2.77. The SMILES string of the molecule is O=C(C1=C(O)c2cc(F)cc(F)c2CC1)C(F)(C(F)(F)F)C(F)(F)F. The van der Waals surface area contributed by atoms with Gasteiger partial charge in [-0.3, -0.25) is 4.79 Å². The summed E-state index contributed by atoms with van der Waals surface area (Å²) in [5, 5.41) is 9.76. The Kier molecular flexibility index (Phi) is 4.34. The Bertz CT molecular complexity index is 745. The van der Waals surface area contributed by atoms with Crippen LogP contribution in [0.15, 0.2) is 17.7 Å². The van der Waals surface area contributed by atoms with Crippen LogP contribution in [0, 0.1) is 11.6 Å². The number of alkyl halides is 7. The summed E-state index contributed by atoms with van der Waals surface area (Å²) < 4.78 is 116. The van der Waals surface area contributed by atoms with E-state index in [1.54, 1.807) is 0 Å². The van der Waals surface area contributed by atoms with Gasteiger partial charge < -0.3 is 5.11 Å². The van der Waals surface area contributed by atoms with E-state index < -0.39 is 70.7 Å². The number of allylic oxidation sites excluding steroid dienone is 1. The van der Waals surface area contributed by atoms with Gasteiger partial charge in [0.25, 0.3) is 0 Å². The minimum Gasteiger partial charge on any atom is -0.507 e. The van der Waals surface area contributed by atoms with Crippen molar-refractivity contribution < 1.29 is 49.4 Å². The number of halogens is 9. The maximum Gasteiger partial charge on any atom is 0.439 e. The van der Waals surface area contributed by atoms with E-state index in [0.717, 1.165) is 0 Å². The fourth-order valence-corrected chi connectivity index (χ4v) is 2.45. The van der Waals surface area contributed by atoms with E-state index in [1.807, 2.05) is 0 Å². The molecule has 0 aliphatic heterocycles. The third-order valence-electron chi connectivity index (χ3n) is 3.69. The summed E-state index contributed by atoms with van der Waals surface area (Å²) in [5.41, 5.74) is -9.03. The van der Waals surface area contributed by atoms with Crippen LogP contribution >= 0.6 is 0 Å². The van der Waals surface area contributed by atoms with Crippen LogP contribution in [0.25, 0.3) is 5.76 Å². The Labute approximate surface area is 133 Å². The first-order chi connectivity index (χ1) is 11.2. The molecule has 25 heavy (non-hydrogen) atoms. The number of aliphatic hydroxyl groups is 1. The van der Waals surface area contributed by atoms with Gasteiger partial charge in [-0.2, -0.15) is 26.3 Å². The summed E-state index contributed by atoms with van der Waals surface area (Å²) in [6.45, 7) is 0. The number of Topliss-reactive ketones (excluding diaryl/α,β-unsaturated/α-hetero) is 1. The first-order valence-electron chi connectivity index (χ1n) is 6.49. The zero-order valence-electron chi connectivity index (χ0n) is 11.8. The Hall–Kier alpha value is -2.20. The average Bonchev–Trinajstić information content (AvgIpc) is 2.44. The van der Waals surface area contributed by atoms with E-state index in [4.69, 9.17) is 0 Å². The molecule has 0 bridgehead atoms. The quantitative estimate of drug-likeness (QED) is 0.765. The van der Waals surface area contributed by atoms with Crippen molar-refractivity contribution >= 4 is 11.5 Å². The molecule has 0 radical (unpaired) electrons. The minimum atomic E-state index is -6.65. The molecule has 1 N–H and O–H groups in total. The number of aliphatic hydroxyl groups excluding tert-OH is 1. The van der Waals surface area contributed by atoms with Crippen molar-refractivity contribution in [2.45, 2.75) is 30.9 Å². The van der Waals surface area contributed by atoms with Gasteiger partial charge in [0, 0.05) is 17.2 Å². The fourth-order valence-electron chi connectivity index (χ4n) is 2.45. The first-order valence-corrected chi connectivity index (χ1v) is 6.49. The number of benzene rings is 1. The monoisotopic (exact) mass is 378 g/mol. The van der Waals surface area contributed by atoms with Gasteiger partial charge in [0.1, 0.15) is 17.4 Å². The lowest BCUT2D eigenvalue weighted by Crippen LogP contribution is -2.59. The van der Waals surface area contributed by atoms with Gasteiger partial charge in [0.15, 0.2) is 0 Å². The van der Waals surface area contributed by atoms with Crippen LogP contribution in [-0.2, 0) is 11.2 Å². The van der Waals surface area contributed by atoms with E-state index >= 15 is 0 Å². The Morgan fingerprint density at radius 2 is 1.44 bits per heavy atom. The molecule has 0 saturated heterocycles. The molecule has 0 amide bonds. The van der Waals surface area contributed by atoms with Gasteiger partial charge in [0.05, 0.1) is 0 Å². The second-order valence-corrected chi connectivity index (χ2v) is 5.22. The average molecular weight is 378 g/mol. The topological polar surface area (TPSA) is 37.3 Å². The highest BCUT2D eigenvalue weighted by Crippen LogP contribution is 2.49. The molecular formula is C14H7F9O2. The summed E-state index contributed by atoms with van der Waals surface area (Å²) in [7, 11) is 0. The van der Waals surface area contributed by atoms with E-state index in [0.29, 0.717) is 12.1 Å². The van der Waals surface area contributed by atoms with Gasteiger partial charge in [-0.05, 0) is 24.5 Å². The lowest BCUT2D eigenvalue weighted by Gasteiger charge is -2.30. The lowest BCUT2D eigenvalue weighted by atomic mass is 9.83. The molecule has 1 aromatic carbocycles. The van der Waals surface area contributed by atoms with Crippen LogP contribution in [0.1, 0.15) is 17.5 Å². The van der Waals surface area contributed by atoms with E-state index in [2.05, 4.69) is 0 Å². The van der Waals surface area contributed by atoms with Crippen LogP contribution in [-0.4, -0.2) is 28.9 Å². The van der Waals surface area contributed by atoms with Gasteiger partial charge in [-0.15, -0.1) is 0 Å². The van der Waals surface area contributed by atoms with Crippen LogP contribution < -0.4 is 0 Å². The third-order valence-corrected chi connectivity index (χ3v) is 3.69. The molecule has 0 saturated carbocycles.